The van der Waals surface area contributed by atoms with E-state index in [1.54, 1.807) is 36.7 Å². The standard InChI is InChI=1S/C27H22N4O3S2/c1-16-3-7-18(8-4-16)15-35-27-30-29-26(36-27)31-22(19-11-13-28-14-12-19)21(24(33)25(31)34)23(32)20-9-5-17(2)6-10-20/h3-14,22,32H,15H2,1-2H3/b23-21-. The summed E-state index contributed by atoms with van der Waals surface area (Å²) >= 11 is 2.76. The van der Waals surface area contributed by atoms with Gasteiger partial charge in [-0.25, -0.2) is 0 Å². The summed E-state index contributed by atoms with van der Waals surface area (Å²) in [4.78, 5) is 31.9. The lowest BCUT2D eigenvalue weighted by Gasteiger charge is -2.22. The first-order valence-electron chi connectivity index (χ1n) is 11.2. The molecule has 3 heterocycles. The molecule has 0 radical (unpaired) electrons. The second-order valence-corrected chi connectivity index (χ2v) is 10.6. The number of aliphatic hydroxyl groups is 1. The zero-order chi connectivity index (χ0) is 25.2. The van der Waals surface area contributed by atoms with Crippen LogP contribution in [0.1, 0.15) is 33.9 Å². The second-order valence-electron chi connectivity index (χ2n) is 8.44. The number of Topliss-reactive ketones (excluding diaryl/α,β-unsaturated/α-hetero) is 1. The van der Waals surface area contributed by atoms with Gasteiger partial charge in [0.05, 0.1) is 11.6 Å². The van der Waals surface area contributed by atoms with Crippen LogP contribution in [0.25, 0.3) is 5.76 Å². The topological polar surface area (TPSA) is 96.3 Å². The van der Waals surface area contributed by atoms with Crippen LogP contribution < -0.4 is 4.90 Å². The minimum absolute atomic E-state index is 0.0131. The number of aryl methyl sites for hydroxylation is 2. The molecule has 0 bridgehead atoms. The number of hydrogen-bond acceptors (Lipinski definition) is 8. The predicted molar refractivity (Wildman–Crippen MR) is 141 cm³/mol. The van der Waals surface area contributed by atoms with Gasteiger partial charge < -0.3 is 5.11 Å². The van der Waals surface area contributed by atoms with Gasteiger partial charge in [0.25, 0.3) is 5.78 Å². The first-order valence-corrected chi connectivity index (χ1v) is 13.0. The van der Waals surface area contributed by atoms with Crippen molar-refractivity contribution in [1.82, 2.24) is 15.2 Å². The van der Waals surface area contributed by atoms with Crippen LogP contribution in [0.3, 0.4) is 0 Å². The predicted octanol–water partition coefficient (Wildman–Crippen LogP) is 5.47. The van der Waals surface area contributed by atoms with Crippen LogP contribution in [0.4, 0.5) is 5.13 Å². The fourth-order valence-electron chi connectivity index (χ4n) is 3.95. The van der Waals surface area contributed by atoms with Gasteiger partial charge in [0.15, 0.2) is 4.34 Å². The van der Waals surface area contributed by atoms with E-state index in [1.807, 2.05) is 26.0 Å². The Morgan fingerprint density at radius 2 is 1.58 bits per heavy atom. The highest BCUT2D eigenvalue weighted by Gasteiger charge is 2.48. The van der Waals surface area contributed by atoms with Gasteiger partial charge in [-0.2, -0.15) is 0 Å². The van der Waals surface area contributed by atoms with Crippen molar-refractivity contribution in [3.8, 4) is 0 Å². The van der Waals surface area contributed by atoms with E-state index in [1.165, 1.54) is 33.6 Å². The molecule has 1 saturated heterocycles. The Labute approximate surface area is 216 Å². The van der Waals surface area contributed by atoms with Crippen molar-refractivity contribution in [3.63, 3.8) is 0 Å². The van der Waals surface area contributed by atoms with Crippen LogP contribution in [-0.2, 0) is 15.3 Å². The van der Waals surface area contributed by atoms with Gasteiger partial charge in [0.2, 0.25) is 5.13 Å². The van der Waals surface area contributed by atoms with Crippen molar-refractivity contribution < 1.29 is 14.7 Å². The number of aromatic nitrogens is 3. The van der Waals surface area contributed by atoms with E-state index in [4.69, 9.17) is 0 Å². The summed E-state index contributed by atoms with van der Waals surface area (Å²) in [7, 11) is 0. The Bertz CT molecular complexity index is 1450. The van der Waals surface area contributed by atoms with Crippen LogP contribution in [0.2, 0.25) is 0 Å². The Morgan fingerprint density at radius 3 is 2.25 bits per heavy atom. The molecule has 4 aromatic rings. The fraction of sp³-hybridized carbons (Fsp3) is 0.148. The highest BCUT2D eigenvalue weighted by atomic mass is 32.2. The number of pyridine rings is 1. The maximum Gasteiger partial charge on any atom is 0.301 e. The van der Waals surface area contributed by atoms with Crippen molar-refractivity contribution in [1.29, 1.82) is 0 Å². The molecule has 1 aliphatic heterocycles. The largest absolute Gasteiger partial charge is 0.507 e. The molecule has 2 aromatic carbocycles. The minimum Gasteiger partial charge on any atom is -0.507 e. The van der Waals surface area contributed by atoms with Crippen molar-refractivity contribution in [3.05, 3.63) is 106 Å². The van der Waals surface area contributed by atoms with Crippen LogP contribution in [0.5, 0.6) is 0 Å². The number of nitrogens with zero attached hydrogens (tertiary/aromatic N) is 4. The number of aliphatic hydroxyl groups excluding tert-OH is 1. The normalized spacial score (nSPS) is 17.1. The lowest BCUT2D eigenvalue weighted by molar-refractivity contribution is -0.132. The van der Waals surface area contributed by atoms with Gasteiger partial charge in [0.1, 0.15) is 5.76 Å². The summed E-state index contributed by atoms with van der Waals surface area (Å²) in [5.74, 6) is -1.04. The number of ketones is 1. The molecule has 1 aliphatic rings. The molecule has 1 fully saturated rings. The molecule has 1 unspecified atom stereocenters. The van der Waals surface area contributed by atoms with Crippen molar-refractivity contribution >= 4 is 45.7 Å². The molecule has 180 valence electrons. The first-order chi connectivity index (χ1) is 17.4. The SMILES string of the molecule is Cc1ccc(CSc2nnc(N3C(=O)C(=O)/C(=C(\O)c4ccc(C)cc4)C3c3ccncc3)s2)cc1. The van der Waals surface area contributed by atoms with Crippen LogP contribution >= 0.6 is 23.1 Å². The molecule has 9 heteroatoms. The summed E-state index contributed by atoms with van der Waals surface area (Å²) in [5.41, 5.74) is 4.48. The zero-order valence-electron chi connectivity index (χ0n) is 19.6. The molecule has 1 atom stereocenters. The third-order valence-corrected chi connectivity index (χ3v) is 8.00. The van der Waals surface area contributed by atoms with Gasteiger partial charge in [-0.15, -0.1) is 10.2 Å². The van der Waals surface area contributed by atoms with E-state index >= 15 is 0 Å². The van der Waals surface area contributed by atoms with E-state index in [-0.39, 0.29) is 11.3 Å². The molecule has 36 heavy (non-hydrogen) atoms. The molecule has 1 N–H and O–H groups in total. The van der Waals surface area contributed by atoms with E-state index in [2.05, 4.69) is 39.4 Å². The number of thioether (sulfide) groups is 1. The monoisotopic (exact) mass is 514 g/mol. The minimum atomic E-state index is -0.850. The number of hydrogen-bond donors (Lipinski definition) is 1. The summed E-state index contributed by atoms with van der Waals surface area (Å²) < 4.78 is 0.680. The quantitative estimate of drug-likeness (QED) is 0.120. The summed E-state index contributed by atoms with van der Waals surface area (Å²) in [6, 6.07) is 18.0. The average Bonchev–Trinajstić information content (AvgIpc) is 3.46. The van der Waals surface area contributed by atoms with E-state index in [0.29, 0.717) is 26.4 Å². The average molecular weight is 515 g/mol. The number of anilines is 1. The smallest absolute Gasteiger partial charge is 0.301 e. The maximum absolute atomic E-state index is 13.3. The van der Waals surface area contributed by atoms with E-state index in [9.17, 15) is 14.7 Å². The molecule has 5 rings (SSSR count). The summed E-state index contributed by atoms with van der Waals surface area (Å²) in [6.45, 7) is 3.98. The molecule has 0 aliphatic carbocycles. The molecule has 7 nitrogen and oxygen atoms in total. The Kier molecular flexibility index (Phi) is 6.67. The first kappa shape index (κ1) is 23.9. The summed E-state index contributed by atoms with van der Waals surface area (Å²) in [5, 5.41) is 20.0. The van der Waals surface area contributed by atoms with Gasteiger partial charge in [-0.3, -0.25) is 19.5 Å². The number of rotatable bonds is 6. The molecular weight excluding hydrogens is 492 g/mol. The highest BCUT2D eigenvalue weighted by molar-refractivity contribution is 8.00. The number of amides is 1. The zero-order valence-corrected chi connectivity index (χ0v) is 21.2. The molecule has 2 aromatic heterocycles. The molecule has 0 spiro atoms. The third-order valence-electron chi connectivity index (χ3n) is 5.88. The third kappa shape index (κ3) is 4.67. The van der Waals surface area contributed by atoms with Crippen molar-refractivity contribution in [2.24, 2.45) is 0 Å². The van der Waals surface area contributed by atoms with Crippen molar-refractivity contribution in [2.75, 3.05) is 4.90 Å². The second kappa shape index (κ2) is 10.0. The van der Waals surface area contributed by atoms with Crippen LogP contribution in [0.15, 0.2) is 83.0 Å². The lowest BCUT2D eigenvalue weighted by atomic mass is 9.96. The van der Waals surface area contributed by atoms with E-state index < -0.39 is 17.7 Å². The summed E-state index contributed by atoms with van der Waals surface area (Å²) in [6.07, 6.45) is 3.18. The fourth-order valence-corrected chi connectivity index (χ4v) is 5.77. The van der Waals surface area contributed by atoms with Gasteiger partial charge in [0, 0.05) is 23.7 Å². The number of carbonyl (C=O) groups is 2. The number of carbonyl (C=O) groups excluding carboxylic acids is 2. The van der Waals surface area contributed by atoms with Crippen LogP contribution in [-0.4, -0.2) is 32.0 Å². The van der Waals surface area contributed by atoms with Gasteiger partial charge in [-0.05, 0) is 37.1 Å². The maximum atomic E-state index is 13.3. The Hall–Kier alpha value is -3.82. The van der Waals surface area contributed by atoms with Crippen LogP contribution in [0, 0.1) is 13.8 Å². The van der Waals surface area contributed by atoms with Crippen molar-refractivity contribution in [2.45, 2.75) is 30.0 Å². The lowest BCUT2D eigenvalue weighted by Crippen LogP contribution is -2.29. The Morgan fingerprint density at radius 1 is 0.944 bits per heavy atom. The molecular formula is C27H22N4O3S2. The van der Waals surface area contributed by atoms with E-state index in [0.717, 1.165) is 11.1 Å². The van der Waals surface area contributed by atoms with Gasteiger partial charge >= 0.3 is 5.91 Å². The molecule has 1 amide bonds. The number of benzene rings is 2. The highest BCUT2D eigenvalue weighted by Crippen LogP contribution is 2.43. The Balaban J connectivity index is 1.51. The van der Waals surface area contributed by atoms with Gasteiger partial charge in [-0.1, -0.05) is 82.8 Å². The molecule has 0 saturated carbocycles.